The number of nitrogens with zero attached hydrogens (tertiary/aromatic N) is 1. The normalized spacial score (nSPS) is 29.7. The van der Waals surface area contributed by atoms with Crippen LogP contribution in [0.15, 0.2) is 4.99 Å². The van der Waals surface area contributed by atoms with E-state index in [1.165, 1.54) is 12.8 Å². The lowest BCUT2D eigenvalue weighted by Crippen LogP contribution is -2.33. The van der Waals surface area contributed by atoms with Gasteiger partial charge >= 0.3 is 0 Å². The molecule has 2 aliphatic rings. The summed E-state index contributed by atoms with van der Waals surface area (Å²) in [6.45, 7) is 5.86. The largest absolute Gasteiger partial charge is 0.364 e. The molecular weight excluding hydrogens is 280 g/mol. The highest BCUT2D eigenvalue weighted by Gasteiger charge is 2.32. The molecule has 0 spiro atoms. The number of hydrogen-bond donors (Lipinski definition) is 1. The van der Waals surface area contributed by atoms with E-state index in [-0.39, 0.29) is 5.25 Å². The van der Waals surface area contributed by atoms with E-state index in [1.54, 1.807) is 11.8 Å². The van der Waals surface area contributed by atoms with Gasteiger partial charge in [0.1, 0.15) is 0 Å². The quantitative estimate of drug-likeness (QED) is 0.844. The third-order valence-electron chi connectivity index (χ3n) is 4.20. The minimum atomic E-state index is -2.84. The Balaban J connectivity index is 1.79. The van der Waals surface area contributed by atoms with E-state index < -0.39 is 9.84 Å². The summed E-state index contributed by atoms with van der Waals surface area (Å²) in [5.41, 5.74) is 0. The molecule has 1 saturated heterocycles. The first-order chi connectivity index (χ1) is 9.06. The molecule has 110 valence electrons. The third kappa shape index (κ3) is 3.66. The Morgan fingerprint density at radius 3 is 2.74 bits per heavy atom. The van der Waals surface area contributed by atoms with Crippen molar-refractivity contribution in [2.75, 3.05) is 18.8 Å². The molecule has 0 aromatic heterocycles. The molecule has 0 radical (unpaired) electrons. The number of sulfone groups is 1. The summed E-state index contributed by atoms with van der Waals surface area (Å²) in [4.78, 5) is 4.52. The van der Waals surface area contributed by atoms with Gasteiger partial charge in [0.15, 0.2) is 15.0 Å². The van der Waals surface area contributed by atoms with Crippen LogP contribution < -0.4 is 5.32 Å². The van der Waals surface area contributed by atoms with Crippen molar-refractivity contribution in [1.82, 2.24) is 5.32 Å². The van der Waals surface area contributed by atoms with Gasteiger partial charge in [-0.15, -0.1) is 0 Å². The van der Waals surface area contributed by atoms with E-state index in [2.05, 4.69) is 24.2 Å². The molecule has 0 saturated carbocycles. The molecule has 0 aliphatic carbocycles. The second-order valence-electron chi connectivity index (χ2n) is 5.39. The summed E-state index contributed by atoms with van der Waals surface area (Å²) in [5, 5.41) is 4.55. The highest BCUT2D eigenvalue weighted by molar-refractivity contribution is 8.14. The Hall–Kier alpha value is -0.230. The highest BCUT2D eigenvalue weighted by atomic mass is 32.2. The molecule has 2 rings (SSSR count). The molecule has 0 aromatic carbocycles. The highest BCUT2D eigenvalue weighted by Crippen LogP contribution is 2.30. The Kier molecular flexibility index (Phi) is 5.17. The van der Waals surface area contributed by atoms with Gasteiger partial charge in [0.2, 0.25) is 0 Å². The molecule has 2 heterocycles. The van der Waals surface area contributed by atoms with Crippen LogP contribution in [-0.4, -0.2) is 42.9 Å². The zero-order chi connectivity index (χ0) is 13.9. The van der Waals surface area contributed by atoms with Crippen molar-refractivity contribution in [3.05, 3.63) is 0 Å². The second-order valence-corrected chi connectivity index (χ2v) is 9.02. The standard InChI is InChI=1S/C13H24N2O2S2/c1-3-10(4-2)12-9-15-13(18-12)14-8-11-6-5-7-19(11,16)17/h10-12H,3-9H2,1-2H3,(H,14,15). The molecule has 1 fully saturated rings. The van der Waals surface area contributed by atoms with E-state index in [4.69, 9.17) is 0 Å². The fourth-order valence-electron chi connectivity index (χ4n) is 2.84. The summed E-state index contributed by atoms with van der Waals surface area (Å²) in [5.74, 6) is 1.07. The first kappa shape index (κ1) is 15.2. The van der Waals surface area contributed by atoms with E-state index in [1.807, 2.05) is 0 Å². The average molecular weight is 304 g/mol. The number of hydrogen-bond acceptors (Lipinski definition) is 5. The van der Waals surface area contributed by atoms with Crippen LogP contribution in [0.25, 0.3) is 0 Å². The predicted octanol–water partition coefficient (Wildman–Crippen LogP) is 2.06. The van der Waals surface area contributed by atoms with Crippen LogP contribution in [0, 0.1) is 5.92 Å². The number of amidine groups is 1. The van der Waals surface area contributed by atoms with E-state index >= 15 is 0 Å². The summed E-state index contributed by atoms with van der Waals surface area (Å²) < 4.78 is 23.5. The van der Waals surface area contributed by atoms with Crippen LogP contribution in [0.2, 0.25) is 0 Å². The molecule has 4 nitrogen and oxygen atoms in total. The minimum Gasteiger partial charge on any atom is -0.364 e. The van der Waals surface area contributed by atoms with Crippen LogP contribution in [0.3, 0.4) is 0 Å². The van der Waals surface area contributed by atoms with Crippen LogP contribution in [0.4, 0.5) is 0 Å². The van der Waals surface area contributed by atoms with Crippen molar-refractivity contribution >= 4 is 26.8 Å². The molecule has 2 unspecified atom stereocenters. The van der Waals surface area contributed by atoms with Crippen molar-refractivity contribution < 1.29 is 8.42 Å². The maximum atomic E-state index is 11.7. The van der Waals surface area contributed by atoms with Gasteiger partial charge < -0.3 is 5.32 Å². The Labute approximate surface area is 120 Å². The van der Waals surface area contributed by atoms with Crippen molar-refractivity contribution in [2.24, 2.45) is 10.9 Å². The van der Waals surface area contributed by atoms with Crippen molar-refractivity contribution in [1.29, 1.82) is 0 Å². The number of nitrogens with one attached hydrogen (secondary N) is 1. The summed E-state index contributed by atoms with van der Waals surface area (Å²) in [6.07, 6.45) is 3.98. The van der Waals surface area contributed by atoms with Gasteiger partial charge in [-0.05, 0) is 18.8 Å². The van der Waals surface area contributed by atoms with Gasteiger partial charge in [-0.2, -0.15) is 0 Å². The topological polar surface area (TPSA) is 58.5 Å². The lowest BCUT2D eigenvalue weighted by Gasteiger charge is -2.19. The molecule has 0 amide bonds. The van der Waals surface area contributed by atoms with Gasteiger partial charge in [0, 0.05) is 11.8 Å². The fourth-order valence-corrected chi connectivity index (χ4v) is 5.93. The Morgan fingerprint density at radius 2 is 2.16 bits per heavy atom. The van der Waals surface area contributed by atoms with Crippen molar-refractivity contribution in [3.8, 4) is 0 Å². The monoisotopic (exact) mass is 304 g/mol. The molecular formula is C13H24N2O2S2. The van der Waals surface area contributed by atoms with Gasteiger partial charge in [0.05, 0.1) is 17.5 Å². The summed E-state index contributed by atoms with van der Waals surface area (Å²) >= 11 is 1.80. The molecule has 0 bridgehead atoms. The molecule has 2 atom stereocenters. The lowest BCUT2D eigenvalue weighted by molar-refractivity contribution is 0.479. The van der Waals surface area contributed by atoms with Crippen LogP contribution in [-0.2, 0) is 9.84 Å². The van der Waals surface area contributed by atoms with E-state index in [0.29, 0.717) is 23.5 Å². The zero-order valence-electron chi connectivity index (χ0n) is 11.8. The van der Waals surface area contributed by atoms with Gasteiger partial charge in [-0.3, -0.25) is 4.99 Å². The maximum absolute atomic E-state index is 11.7. The fraction of sp³-hybridized carbons (Fsp3) is 0.923. The molecule has 1 N–H and O–H groups in total. The van der Waals surface area contributed by atoms with Crippen molar-refractivity contribution in [3.63, 3.8) is 0 Å². The average Bonchev–Trinajstić information content (AvgIpc) is 2.95. The first-order valence-corrected chi connectivity index (χ1v) is 9.82. The molecule has 19 heavy (non-hydrogen) atoms. The van der Waals surface area contributed by atoms with Gasteiger partial charge in [-0.25, -0.2) is 8.42 Å². The number of aliphatic imine (C=N–C) groups is 1. The number of thioether (sulfide) groups is 1. The van der Waals surface area contributed by atoms with Gasteiger partial charge in [0.25, 0.3) is 0 Å². The Morgan fingerprint density at radius 1 is 1.42 bits per heavy atom. The minimum absolute atomic E-state index is 0.206. The van der Waals surface area contributed by atoms with Crippen LogP contribution in [0.1, 0.15) is 39.5 Å². The maximum Gasteiger partial charge on any atom is 0.156 e. The van der Waals surface area contributed by atoms with E-state index in [0.717, 1.165) is 24.6 Å². The first-order valence-electron chi connectivity index (χ1n) is 7.23. The third-order valence-corrected chi connectivity index (χ3v) is 7.81. The predicted molar refractivity (Wildman–Crippen MR) is 82.6 cm³/mol. The molecule has 2 aliphatic heterocycles. The van der Waals surface area contributed by atoms with Crippen LogP contribution in [0.5, 0.6) is 0 Å². The lowest BCUT2D eigenvalue weighted by atomic mass is 9.99. The summed E-state index contributed by atoms with van der Waals surface area (Å²) in [7, 11) is -2.84. The van der Waals surface area contributed by atoms with E-state index in [9.17, 15) is 8.42 Å². The smallest absolute Gasteiger partial charge is 0.156 e. The Bertz CT molecular complexity index is 430. The molecule has 0 aromatic rings. The number of rotatable bonds is 5. The zero-order valence-corrected chi connectivity index (χ0v) is 13.4. The molecule has 6 heteroatoms. The summed E-state index contributed by atoms with van der Waals surface area (Å²) in [6, 6.07) is 0. The van der Waals surface area contributed by atoms with Crippen molar-refractivity contribution in [2.45, 2.75) is 50.0 Å². The van der Waals surface area contributed by atoms with Crippen LogP contribution >= 0.6 is 11.8 Å². The second kappa shape index (κ2) is 6.48. The SMILES string of the molecule is CCC(CC)C1CN=C(NCC2CCCS2(=O)=O)S1. The van der Waals surface area contributed by atoms with Gasteiger partial charge in [-0.1, -0.05) is 38.5 Å².